The number of cyclic esters (lactones) is 1. The second kappa shape index (κ2) is 5.44. The molecule has 1 heterocycles. The molecular weight excluding hydrogens is 264 g/mol. The van der Waals surface area contributed by atoms with Crippen molar-refractivity contribution in [1.29, 1.82) is 0 Å². The molecule has 0 aromatic rings. The molecule has 0 radical (unpaired) electrons. The normalized spacial score (nSPS) is 27.2. The molecule has 4 nitrogen and oxygen atoms in total. The lowest BCUT2D eigenvalue weighted by atomic mass is 10.1. The first-order chi connectivity index (χ1) is 7.98. The van der Waals surface area contributed by atoms with Gasteiger partial charge >= 0.3 is 5.97 Å². The van der Waals surface area contributed by atoms with Crippen molar-refractivity contribution in [2.24, 2.45) is 0 Å². The number of hydrogen-bond acceptors (Lipinski definition) is 4. The molecule has 3 atom stereocenters. The van der Waals surface area contributed by atoms with Crippen LogP contribution in [-0.4, -0.2) is 40.9 Å². The Morgan fingerprint density at radius 1 is 1.17 bits per heavy atom. The summed E-state index contributed by atoms with van der Waals surface area (Å²) >= 11 is 0. The zero-order valence-corrected chi connectivity index (χ0v) is 14.6. The van der Waals surface area contributed by atoms with Gasteiger partial charge in [-0.15, -0.1) is 0 Å². The van der Waals surface area contributed by atoms with Gasteiger partial charge in [0.25, 0.3) is 0 Å². The van der Waals surface area contributed by atoms with Crippen LogP contribution in [-0.2, 0) is 18.4 Å². The van der Waals surface area contributed by atoms with Crippen molar-refractivity contribution in [2.75, 3.05) is 0 Å². The molecular formula is C12H26O4Si2. The Balaban J connectivity index is 2.69. The molecule has 1 aliphatic rings. The van der Waals surface area contributed by atoms with Gasteiger partial charge in [0.1, 0.15) is 0 Å². The molecule has 6 heteroatoms. The van der Waals surface area contributed by atoms with Gasteiger partial charge in [-0.2, -0.15) is 0 Å². The van der Waals surface area contributed by atoms with Crippen molar-refractivity contribution in [1.82, 2.24) is 0 Å². The van der Waals surface area contributed by atoms with Gasteiger partial charge in [-0.3, -0.25) is 4.79 Å². The summed E-state index contributed by atoms with van der Waals surface area (Å²) in [4.78, 5) is 11.5. The fourth-order valence-electron chi connectivity index (χ4n) is 2.14. The minimum atomic E-state index is -1.67. The lowest BCUT2D eigenvalue weighted by Crippen LogP contribution is -2.45. The number of carbonyl (C=O) groups is 1. The average molecular weight is 291 g/mol. The molecule has 0 bridgehead atoms. The SMILES string of the molecule is CC(O[Si](C)(C)C)[C@H]1OC(=O)C[C@@H]1O[Si](C)(C)C. The van der Waals surface area contributed by atoms with Crippen LogP contribution in [0.4, 0.5) is 0 Å². The van der Waals surface area contributed by atoms with Crippen LogP contribution in [0.1, 0.15) is 13.3 Å². The predicted octanol–water partition coefficient (Wildman–Crippen LogP) is 2.76. The fraction of sp³-hybridized carbons (Fsp3) is 0.917. The molecule has 1 unspecified atom stereocenters. The first kappa shape index (κ1) is 15.9. The Bertz CT molecular complexity index is 306. The maximum Gasteiger partial charge on any atom is 0.308 e. The first-order valence-electron chi connectivity index (χ1n) is 6.53. The quantitative estimate of drug-likeness (QED) is 0.577. The fourth-order valence-corrected chi connectivity index (χ4v) is 4.52. The van der Waals surface area contributed by atoms with Gasteiger partial charge in [0.2, 0.25) is 0 Å². The Hall–Kier alpha value is -0.176. The molecule has 1 aliphatic heterocycles. The molecule has 1 rings (SSSR count). The summed E-state index contributed by atoms with van der Waals surface area (Å²) in [5.41, 5.74) is 0. The van der Waals surface area contributed by atoms with E-state index >= 15 is 0 Å². The number of rotatable bonds is 5. The summed E-state index contributed by atoms with van der Waals surface area (Å²) in [6.07, 6.45) is -0.134. The zero-order valence-electron chi connectivity index (χ0n) is 12.6. The van der Waals surface area contributed by atoms with E-state index in [2.05, 4.69) is 39.3 Å². The van der Waals surface area contributed by atoms with E-state index in [0.29, 0.717) is 6.42 Å². The second-order valence-corrected chi connectivity index (χ2v) is 15.8. The Morgan fingerprint density at radius 2 is 1.72 bits per heavy atom. The third-order valence-electron chi connectivity index (χ3n) is 2.51. The van der Waals surface area contributed by atoms with Crippen molar-refractivity contribution in [2.45, 2.75) is 70.9 Å². The molecule has 0 N–H and O–H groups in total. The Kier molecular flexibility index (Phi) is 4.80. The van der Waals surface area contributed by atoms with E-state index < -0.39 is 16.6 Å². The van der Waals surface area contributed by atoms with Gasteiger partial charge < -0.3 is 13.6 Å². The van der Waals surface area contributed by atoms with Crippen LogP contribution >= 0.6 is 0 Å². The monoisotopic (exact) mass is 290 g/mol. The van der Waals surface area contributed by atoms with Crippen LogP contribution in [0.2, 0.25) is 39.3 Å². The lowest BCUT2D eigenvalue weighted by molar-refractivity contribution is -0.145. The van der Waals surface area contributed by atoms with Crippen molar-refractivity contribution >= 4 is 22.6 Å². The van der Waals surface area contributed by atoms with E-state index in [0.717, 1.165) is 0 Å². The van der Waals surface area contributed by atoms with Gasteiger partial charge in [-0.05, 0) is 46.2 Å². The van der Waals surface area contributed by atoms with E-state index in [-0.39, 0.29) is 24.3 Å². The second-order valence-electron chi connectivity index (χ2n) is 6.86. The lowest BCUT2D eigenvalue weighted by Gasteiger charge is -2.32. The molecule has 0 aromatic carbocycles. The van der Waals surface area contributed by atoms with Gasteiger partial charge in [0.15, 0.2) is 22.7 Å². The maximum absolute atomic E-state index is 11.5. The van der Waals surface area contributed by atoms with E-state index in [4.69, 9.17) is 13.6 Å². The molecule has 18 heavy (non-hydrogen) atoms. The van der Waals surface area contributed by atoms with E-state index in [1.807, 2.05) is 6.92 Å². The highest BCUT2D eigenvalue weighted by atomic mass is 28.4. The number of carbonyl (C=O) groups excluding carboxylic acids is 1. The molecule has 0 aliphatic carbocycles. The summed E-state index contributed by atoms with van der Waals surface area (Å²) in [7, 11) is -3.31. The third kappa shape index (κ3) is 5.21. The minimum absolute atomic E-state index is 0.0931. The minimum Gasteiger partial charge on any atom is -0.457 e. The molecule has 0 saturated carbocycles. The zero-order chi connectivity index (χ0) is 14.1. The third-order valence-corrected chi connectivity index (χ3v) is 4.60. The summed E-state index contributed by atoms with van der Waals surface area (Å²) < 4.78 is 17.4. The van der Waals surface area contributed by atoms with Crippen LogP contribution in [0.3, 0.4) is 0 Å². The Labute approximate surface area is 112 Å². The summed E-state index contributed by atoms with van der Waals surface area (Å²) in [5.74, 6) is -0.172. The van der Waals surface area contributed by atoms with Crippen molar-refractivity contribution in [3.05, 3.63) is 0 Å². The Morgan fingerprint density at radius 3 is 2.17 bits per heavy atom. The summed E-state index contributed by atoms with van der Waals surface area (Å²) in [6.45, 7) is 14.7. The van der Waals surface area contributed by atoms with E-state index in [9.17, 15) is 4.79 Å². The molecule has 0 amide bonds. The smallest absolute Gasteiger partial charge is 0.308 e. The number of ether oxygens (including phenoxy) is 1. The molecule has 1 saturated heterocycles. The van der Waals surface area contributed by atoms with Gasteiger partial charge in [-0.1, -0.05) is 0 Å². The van der Waals surface area contributed by atoms with Crippen LogP contribution in [0, 0.1) is 0 Å². The molecule has 1 fully saturated rings. The topological polar surface area (TPSA) is 44.8 Å². The highest BCUT2D eigenvalue weighted by molar-refractivity contribution is 6.70. The summed E-state index contributed by atoms with van der Waals surface area (Å²) in [5, 5.41) is 0. The van der Waals surface area contributed by atoms with Crippen molar-refractivity contribution in [3.63, 3.8) is 0 Å². The first-order valence-corrected chi connectivity index (χ1v) is 13.3. The van der Waals surface area contributed by atoms with Crippen LogP contribution in [0.5, 0.6) is 0 Å². The van der Waals surface area contributed by atoms with Crippen LogP contribution < -0.4 is 0 Å². The molecule has 106 valence electrons. The standard InChI is InChI=1S/C12H26O4Si2/c1-9(15-17(2,3)4)12-10(8-11(13)14-12)16-18(5,6)7/h9-10,12H,8H2,1-7H3/t9?,10-,12+/m0/s1. The average Bonchev–Trinajstić information content (AvgIpc) is 2.40. The maximum atomic E-state index is 11.5. The highest BCUT2D eigenvalue weighted by Gasteiger charge is 2.42. The van der Waals surface area contributed by atoms with Crippen LogP contribution in [0.25, 0.3) is 0 Å². The van der Waals surface area contributed by atoms with Gasteiger partial charge in [-0.25, -0.2) is 0 Å². The van der Waals surface area contributed by atoms with Crippen molar-refractivity contribution in [3.8, 4) is 0 Å². The predicted molar refractivity (Wildman–Crippen MR) is 76.6 cm³/mol. The number of esters is 1. The largest absolute Gasteiger partial charge is 0.457 e. The van der Waals surface area contributed by atoms with Gasteiger partial charge in [0.05, 0.1) is 18.6 Å². The van der Waals surface area contributed by atoms with E-state index in [1.165, 1.54) is 0 Å². The van der Waals surface area contributed by atoms with Crippen molar-refractivity contribution < 1.29 is 18.4 Å². The number of hydrogen-bond donors (Lipinski definition) is 0. The van der Waals surface area contributed by atoms with E-state index in [1.54, 1.807) is 0 Å². The van der Waals surface area contributed by atoms with Gasteiger partial charge in [0, 0.05) is 0 Å². The highest BCUT2D eigenvalue weighted by Crippen LogP contribution is 2.27. The van der Waals surface area contributed by atoms with Crippen LogP contribution in [0.15, 0.2) is 0 Å². The molecule has 0 spiro atoms. The molecule has 0 aromatic heterocycles. The summed E-state index contributed by atoms with van der Waals surface area (Å²) in [6, 6.07) is 0.